The van der Waals surface area contributed by atoms with Gasteiger partial charge >= 0.3 is 5.97 Å². The quantitative estimate of drug-likeness (QED) is 0.709. The molecule has 1 aromatic rings. The van der Waals surface area contributed by atoms with E-state index in [1.807, 2.05) is 6.92 Å². The summed E-state index contributed by atoms with van der Waals surface area (Å²) in [6.07, 6.45) is 0. The second-order valence-electron chi connectivity index (χ2n) is 3.87. The number of likely N-dealkylation sites (N-methyl/N-ethyl adjacent to an activating group) is 1. The highest BCUT2D eigenvalue weighted by atomic mass is 79.9. The molecule has 0 atom stereocenters. The van der Waals surface area contributed by atoms with Crippen LogP contribution in [-0.4, -0.2) is 39.4 Å². The molecule has 0 aromatic heterocycles. The first-order valence-electron chi connectivity index (χ1n) is 5.19. The lowest BCUT2D eigenvalue weighted by Crippen LogP contribution is -2.33. The smallest absolute Gasteiger partial charge is 0.321 e. The van der Waals surface area contributed by atoms with Gasteiger partial charge in [-0.1, -0.05) is 15.9 Å². The summed E-state index contributed by atoms with van der Waals surface area (Å²) in [4.78, 5) is 11.3. The summed E-state index contributed by atoms with van der Waals surface area (Å²) in [6, 6.07) is 3.20. The van der Waals surface area contributed by atoms with Gasteiger partial charge < -0.3 is 4.74 Å². The molecule has 0 N–H and O–H groups in total. The van der Waals surface area contributed by atoms with Crippen LogP contribution in [-0.2, 0) is 19.6 Å². The summed E-state index contributed by atoms with van der Waals surface area (Å²) in [6.45, 7) is 1.51. The van der Waals surface area contributed by atoms with E-state index in [1.165, 1.54) is 20.2 Å². The number of hydrogen-bond donors (Lipinski definition) is 0. The van der Waals surface area contributed by atoms with E-state index in [-0.39, 0.29) is 11.4 Å². The third-order valence-electron chi connectivity index (χ3n) is 2.48. The van der Waals surface area contributed by atoms with Gasteiger partial charge in [0.15, 0.2) is 0 Å². The third kappa shape index (κ3) is 3.77. The molecule has 0 amide bonds. The predicted octanol–water partition coefficient (Wildman–Crippen LogP) is 2.31. The minimum Gasteiger partial charge on any atom is -0.468 e. The number of carbonyl (C=O) groups is 1. The Bertz CT molecular complexity index is 601. The van der Waals surface area contributed by atoms with E-state index in [0.717, 1.165) is 9.87 Å². The van der Waals surface area contributed by atoms with Gasteiger partial charge in [0.05, 0.1) is 12.0 Å². The molecule has 0 aliphatic carbocycles. The molecule has 8 heteroatoms. The molecule has 0 saturated heterocycles. The molecule has 0 aliphatic heterocycles. The number of rotatable bonds is 4. The van der Waals surface area contributed by atoms with Gasteiger partial charge in [0, 0.05) is 16.0 Å². The number of methoxy groups -OCH3 is 1. The Hall–Kier alpha value is -0.440. The number of sulfonamides is 1. The highest BCUT2D eigenvalue weighted by Crippen LogP contribution is 2.30. The Morgan fingerprint density at radius 2 is 1.89 bits per heavy atom. The van der Waals surface area contributed by atoms with Crippen LogP contribution < -0.4 is 0 Å². The molecule has 0 radical (unpaired) electrons. The number of halogens is 2. The topological polar surface area (TPSA) is 63.7 Å². The average Bonchev–Trinajstić information content (AvgIpc) is 2.33. The molecule has 0 spiro atoms. The molecule has 106 valence electrons. The highest BCUT2D eigenvalue weighted by molar-refractivity contribution is 9.11. The fraction of sp³-hybridized carbons (Fsp3) is 0.364. The lowest BCUT2D eigenvalue weighted by molar-refractivity contribution is -0.140. The maximum absolute atomic E-state index is 12.3. The van der Waals surface area contributed by atoms with E-state index in [0.29, 0.717) is 8.95 Å². The lowest BCUT2D eigenvalue weighted by atomic mass is 10.2. The summed E-state index contributed by atoms with van der Waals surface area (Å²) in [5, 5.41) is 0. The van der Waals surface area contributed by atoms with Crippen molar-refractivity contribution in [1.82, 2.24) is 4.31 Å². The highest BCUT2D eigenvalue weighted by Gasteiger charge is 2.26. The second kappa shape index (κ2) is 6.34. The van der Waals surface area contributed by atoms with Crippen LogP contribution in [0.25, 0.3) is 0 Å². The van der Waals surface area contributed by atoms with Crippen molar-refractivity contribution in [3.8, 4) is 0 Å². The maximum Gasteiger partial charge on any atom is 0.321 e. The molecule has 0 unspecified atom stereocenters. The fourth-order valence-electron chi connectivity index (χ4n) is 1.32. The number of aryl methyl sites for hydroxylation is 1. The van der Waals surface area contributed by atoms with Crippen LogP contribution in [0.1, 0.15) is 5.56 Å². The second-order valence-corrected chi connectivity index (χ2v) is 7.59. The van der Waals surface area contributed by atoms with Crippen LogP contribution in [0.15, 0.2) is 26.0 Å². The van der Waals surface area contributed by atoms with Crippen LogP contribution in [0.3, 0.4) is 0 Å². The molecule has 19 heavy (non-hydrogen) atoms. The maximum atomic E-state index is 12.3. The molecule has 0 heterocycles. The van der Waals surface area contributed by atoms with Crippen LogP contribution in [0.2, 0.25) is 0 Å². The molecule has 5 nitrogen and oxygen atoms in total. The number of ether oxygens (including phenoxy) is 1. The van der Waals surface area contributed by atoms with Crippen molar-refractivity contribution in [1.29, 1.82) is 0 Å². The number of benzene rings is 1. The van der Waals surface area contributed by atoms with Crippen molar-refractivity contribution in [3.05, 3.63) is 26.6 Å². The van der Waals surface area contributed by atoms with E-state index in [2.05, 4.69) is 36.6 Å². The first-order valence-corrected chi connectivity index (χ1v) is 8.21. The summed E-state index contributed by atoms with van der Waals surface area (Å²) >= 11 is 6.52. The number of carbonyl (C=O) groups excluding carboxylic acids is 1. The van der Waals surface area contributed by atoms with Crippen molar-refractivity contribution in [3.63, 3.8) is 0 Å². The number of nitrogens with zero attached hydrogens (tertiary/aromatic N) is 1. The summed E-state index contributed by atoms with van der Waals surface area (Å²) in [7, 11) is -1.22. The Morgan fingerprint density at radius 3 is 2.42 bits per heavy atom. The van der Waals surface area contributed by atoms with E-state index in [4.69, 9.17) is 0 Å². The normalized spacial score (nSPS) is 11.7. The van der Waals surface area contributed by atoms with Gasteiger partial charge in [-0.3, -0.25) is 4.79 Å². The van der Waals surface area contributed by atoms with Crippen molar-refractivity contribution >= 4 is 47.9 Å². The van der Waals surface area contributed by atoms with E-state index >= 15 is 0 Å². The van der Waals surface area contributed by atoms with Crippen molar-refractivity contribution in [2.45, 2.75) is 11.8 Å². The zero-order valence-corrected chi connectivity index (χ0v) is 14.6. The fourth-order valence-corrected chi connectivity index (χ4v) is 4.07. The molecular weight excluding hydrogens is 402 g/mol. The zero-order chi connectivity index (χ0) is 14.8. The van der Waals surface area contributed by atoms with Gasteiger partial charge in [-0.25, -0.2) is 8.42 Å². The molecule has 1 rings (SSSR count). The standard InChI is InChI=1S/C11H13Br2NO4S/c1-7-4-9(13)10(5-8(7)12)19(16,17)14(2)6-11(15)18-3/h4-5H,6H2,1-3H3. The van der Waals surface area contributed by atoms with E-state index in [1.54, 1.807) is 6.07 Å². The van der Waals surface area contributed by atoms with Gasteiger partial charge in [0.1, 0.15) is 6.54 Å². The summed E-state index contributed by atoms with van der Waals surface area (Å²) < 4.78 is 31.2. The molecular formula is C11H13Br2NO4S. The van der Waals surface area contributed by atoms with E-state index in [9.17, 15) is 13.2 Å². The monoisotopic (exact) mass is 413 g/mol. The summed E-state index contributed by atoms with van der Waals surface area (Å²) in [5.41, 5.74) is 0.904. The molecule has 1 aromatic carbocycles. The predicted molar refractivity (Wildman–Crippen MR) is 78.4 cm³/mol. The Balaban J connectivity index is 3.20. The Kier molecular flexibility index (Phi) is 5.54. The Labute approximate surface area is 129 Å². The van der Waals surface area contributed by atoms with Crippen LogP contribution >= 0.6 is 31.9 Å². The van der Waals surface area contributed by atoms with Gasteiger partial charge in [0.25, 0.3) is 0 Å². The minimum atomic E-state index is -3.76. The summed E-state index contributed by atoms with van der Waals surface area (Å²) in [5.74, 6) is -0.617. The van der Waals surface area contributed by atoms with Crippen molar-refractivity contribution in [2.75, 3.05) is 20.7 Å². The van der Waals surface area contributed by atoms with E-state index < -0.39 is 16.0 Å². The van der Waals surface area contributed by atoms with Crippen molar-refractivity contribution < 1.29 is 17.9 Å². The number of hydrogen-bond acceptors (Lipinski definition) is 4. The van der Waals surface area contributed by atoms with Crippen LogP contribution in [0, 0.1) is 6.92 Å². The SMILES string of the molecule is COC(=O)CN(C)S(=O)(=O)c1cc(Br)c(C)cc1Br. The van der Waals surface area contributed by atoms with Crippen LogP contribution in [0.5, 0.6) is 0 Å². The third-order valence-corrected chi connectivity index (χ3v) is 6.10. The zero-order valence-electron chi connectivity index (χ0n) is 10.6. The lowest BCUT2D eigenvalue weighted by Gasteiger charge is -2.17. The molecule has 0 aliphatic rings. The minimum absolute atomic E-state index is 0.0939. The largest absolute Gasteiger partial charge is 0.468 e. The average molecular weight is 415 g/mol. The first-order chi connectivity index (χ1) is 8.70. The Morgan fingerprint density at radius 1 is 1.32 bits per heavy atom. The van der Waals surface area contributed by atoms with Gasteiger partial charge in [-0.05, 0) is 40.5 Å². The van der Waals surface area contributed by atoms with Crippen LogP contribution in [0.4, 0.5) is 0 Å². The number of esters is 1. The molecule has 0 bridgehead atoms. The van der Waals surface area contributed by atoms with Gasteiger partial charge in [0.2, 0.25) is 10.0 Å². The van der Waals surface area contributed by atoms with Crippen molar-refractivity contribution in [2.24, 2.45) is 0 Å². The first kappa shape index (κ1) is 16.6. The van der Waals surface area contributed by atoms with Gasteiger partial charge in [-0.2, -0.15) is 4.31 Å². The molecule has 0 fully saturated rings. The van der Waals surface area contributed by atoms with Gasteiger partial charge in [-0.15, -0.1) is 0 Å². The molecule has 0 saturated carbocycles.